The number of ether oxygens (including phenoxy) is 1. The first kappa shape index (κ1) is 23.7. The third kappa shape index (κ3) is 6.54. The number of hydrogen-bond acceptors (Lipinski definition) is 5. The van der Waals surface area contributed by atoms with Crippen molar-refractivity contribution in [2.75, 3.05) is 25.5 Å². The van der Waals surface area contributed by atoms with E-state index < -0.39 is 16.1 Å². The second-order valence-electron chi connectivity index (χ2n) is 7.70. The van der Waals surface area contributed by atoms with Crippen molar-refractivity contribution in [3.63, 3.8) is 0 Å². The van der Waals surface area contributed by atoms with Gasteiger partial charge in [0.15, 0.2) is 0 Å². The molecule has 0 unspecified atom stereocenters. The molecule has 2 aromatic carbocycles. The van der Waals surface area contributed by atoms with Crippen LogP contribution in [0.5, 0.6) is 0 Å². The summed E-state index contributed by atoms with van der Waals surface area (Å²) in [6.07, 6.45) is 3.17. The van der Waals surface area contributed by atoms with E-state index in [0.717, 1.165) is 30.4 Å². The van der Waals surface area contributed by atoms with E-state index >= 15 is 0 Å². The molecule has 1 heterocycles. The standard InChI is InChI=1S/C23H29N3O5S/c1-31-23(28)25-20-10-5-19(6-11-20)17-24-22(27)14-9-18-7-12-21(13-8-18)32(29,30)26-15-3-2-4-16-26/h5-8,10-13H,2-4,9,14-17H2,1H3,(H,24,27)(H,25,28). The van der Waals surface area contributed by atoms with Crippen LogP contribution in [0, 0.1) is 0 Å². The summed E-state index contributed by atoms with van der Waals surface area (Å²) in [7, 11) is -2.14. The van der Waals surface area contributed by atoms with Crippen LogP contribution >= 0.6 is 0 Å². The number of piperidine rings is 1. The number of nitrogens with zero attached hydrogens (tertiary/aromatic N) is 1. The number of nitrogens with one attached hydrogen (secondary N) is 2. The summed E-state index contributed by atoms with van der Waals surface area (Å²) in [5.74, 6) is -0.0909. The molecular weight excluding hydrogens is 430 g/mol. The Kier molecular flexibility index (Phi) is 8.24. The van der Waals surface area contributed by atoms with E-state index in [1.54, 1.807) is 40.7 Å². The molecule has 0 bridgehead atoms. The summed E-state index contributed by atoms with van der Waals surface area (Å²) in [5.41, 5.74) is 2.43. The van der Waals surface area contributed by atoms with E-state index in [1.807, 2.05) is 12.1 Å². The molecule has 0 radical (unpaired) electrons. The molecule has 2 amide bonds. The van der Waals surface area contributed by atoms with Gasteiger partial charge in [0.2, 0.25) is 15.9 Å². The highest BCUT2D eigenvalue weighted by atomic mass is 32.2. The first-order chi connectivity index (χ1) is 15.4. The Morgan fingerprint density at radius 1 is 0.938 bits per heavy atom. The molecule has 0 aliphatic carbocycles. The molecule has 0 atom stereocenters. The van der Waals surface area contributed by atoms with Gasteiger partial charge >= 0.3 is 6.09 Å². The van der Waals surface area contributed by atoms with Gasteiger partial charge in [-0.1, -0.05) is 30.7 Å². The molecule has 1 fully saturated rings. The molecule has 8 nitrogen and oxygen atoms in total. The fourth-order valence-electron chi connectivity index (χ4n) is 3.50. The Bertz CT molecular complexity index is 1010. The summed E-state index contributed by atoms with van der Waals surface area (Å²) < 4.78 is 31.5. The molecule has 0 spiro atoms. The maximum Gasteiger partial charge on any atom is 0.411 e. The quantitative estimate of drug-likeness (QED) is 0.630. The van der Waals surface area contributed by atoms with E-state index in [-0.39, 0.29) is 5.91 Å². The average Bonchev–Trinajstić information content (AvgIpc) is 2.83. The van der Waals surface area contributed by atoms with Crippen molar-refractivity contribution in [1.82, 2.24) is 9.62 Å². The predicted octanol–water partition coefficient (Wildman–Crippen LogP) is 3.29. The van der Waals surface area contributed by atoms with Gasteiger partial charge in [-0.2, -0.15) is 4.31 Å². The lowest BCUT2D eigenvalue weighted by Gasteiger charge is -2.25. The molecule has 1 aliphatic rings. The Balaban J connectivity index is 1.45. The molecule has 2 N–H and O–H groups in total. The van der Waals surface area contributed by atoms with Crippen LogP contribution in [-0.4, -0.2) is 44.9 Å². The molecule has 172 valence electrons. The van der Waals surface area contributed by atoms with Crippen molar-refractivity contribution in [3.8, 4) is 0 Å². The number of benzene rings is 2. The number of aryl methyl sites for hydroxylation is 1. The SMILES string of the molecule is COC(=O)Nc1ccc(CNC(=O)CCc2ccc(S(=O)(=O)N3CCCCC3)cc2)cc1. The number of carbonyl (C=O) groups is 2. The molecule has 9 heteroatoms. The van der Waals surface area contributed by atoms with Crippen LogP contribution in [0.1, 0.15) is 36.8 Å². The van der Waals surface area contributed by atoms with Crippen LogP contribution in [0.25, 0.3) is 0 Å². The number of hydrogen-bond donors (Lipinski definition) is 2. The summed E-state index contributed by atoms with van der Waals surface area (Å²) in [5, 5.41) is 5.43. The molecule has 0 aromatic heterocycles. The Morgan fingerprint density at radius 3 is 2.19 bits per heavy atom. The molecule has 1 aliphatic heterocycles. The molecule has 1 saturated heterocycles. The number of carbonyl (C=O) groups excluding carboxylic acids is 2. The average molecular weight is 460 g/mol. The van der Waals surface area contributed by atoms with Gasteiger partial charge in [0.25, 0.3) is 0 Å². The fraction of sp³-hybridized carbons (Fsp3) is 0.391. The van der Waals surface area contributed by atoms with Crippen molar-refractivity contribution in [1.29, 1.82) is 0 Å². The second kappa shape index (κ2) is 11.1. The van der Waals surface area contributed by atoms with Crippen molar-refractivity contribution in [3.05, 3.63) is 59.7 Å². The summed E-state index contributed by atoms with van der Waals surface area (Å²) in [6, 6.07) is 13.9. The maximum absolute atomic E-state index is 12.7. The zero-order valence-electron chi connectivity index (χ0n) is 18.2. The highest BCUT2D eigenvalue weighted by Gasteiger charge is 2.25. The number of anilines is 1. The van der Waals surface area contributed by atoms with E-state index in [9.17, 15) is 18.0 Å². The number of methoxy groups -OCH3 is 1. The molecule has 3 rings (SSSR count). The lowest BCUT2D eigenvalue weighted by Crippen LogP contribution is -2.35. The van der Waals surface area contributed by atoms with Gasteiger partial charge in [-0.25, -0.2) is 13.2 Å². The van der Waals surface area contributed by atoms with Crippen molar-refractivity contribution in [2.24, 2.45) is 0 Å². The van der Waals surface area contributed by atoms with Gasteiger partial charge in [0.05, 0.1) is 12.0 Å². The Hall–Kier alpha value is -2.91. The smallest absolute Gasteiger partial charge is 0.411 e. The fourth-order valence-corrected chi connectivity index (χ4v) is 5.02. The maximum atomic E-state index is 12.7. The van der Waals surface area contributed by atoms with E-state index in [2.05, 4.69) is 15.4 Å². The summed E-state index contributed by atoms with van der Waals surface area (Å²) in [6.45, 7) is 1.54. The minimum Gasteiger partial charge on any atom is -0.453 e. The topological polar surface area (TPSA) is 105 Å². The molecule has 0 saturated carbocycles. The lowest BCUT2D eigenvalue weighted by atomic mass is 10.1. The second-order valence-corrected chi connectivity index (χ2v) is 9.64. The zero-order chi connectivity index (χ0) is 23.0. The predicted molar refractivity (Wildman–Crippen MR) is 122 cm³/mol. The minimum absolute atomic E-state index is 0.0909. The van der Waals surface area contributed by atoms with Gasteiger partial charge < -0.3 is 10.1 Å². The van der Waals surface area contributed by atoms with E-state index in [4.69, 9.17) is 0 Å². The van der Waals surface area contributed by atoms with Crippen LogP contribution in [0.4, 0.5) is 10.5 Å². The van der Waals surface area contributed by atoms with E-state index in [1.165, 1.54) is 7.11 Å². The van der Waals surface area contributed by atoms with Crippen LogP contribution in [0.2, 0.25) is 0 Å². The lowest BCUT2D eigenvalue weighted by molar-refractivity contribution is -0.121. The molecular formula is C23H29N3O5S. The van der Waals surface area contributed by atoms with Crippen LogP contribution in [0.15, 0.2) is 53.4 Å². The third-order valence-electron chi connectivity index (χ3n) is 5.39. The zero-order valence-corrected chi connectivity index (χ0v) is 19.0. The Labute approximate surface area is 189 Å². The van der Waals surface area contributed by atoms with Crippen LogP contribution in [-0.2, 0) is 32.5 Å². The normalized spacial score (nSPS) is 14.5. The highest BCUT2D eigenvalue weighted by molar-refractivity contribution is 7.89. The van der Waals surface area contributed by atoms with Gasteiger partial charge in [0, 0.05) is 31.7 Å². The number of amides is 2. The monoisotopic (exact) mass is 459 g/mol. The van der Waals surface area contributed by atoms with Gasteiger partial charge in [-0.3, -0.25) is 10.1 Å². The van der Waals surface area contributed by atoms with Crippen molar-refractivity contribution in [2.45, 2.75) is 43.5 Å². The summed E-state index contributed by atoms with van der Waals surface area (Å²) >= 11 is 0. The van der Waals surface area contributed by atoms with Crippen LogP contribution in [0.3, 0.4) is 0 Å². The van der Waals surface area contributed by atoms with Gasteiger partial charge in [0.1, 0.15) is 0 Å². The van der Waals surface area contributed by atoms with Gasteiger partial charge in [-0.15, -0.1) is 0 Å². The van der Waals surface area contributed by atoms with E-state index in [0.29, 0.717) is 43.1 Å². The highest BCUT2D eigenvalue weighted by Crippen LogP contribution is 2.21. The minimum atomic E-state index is -3.44. The first-order valence-corrected chi connectivity index (χ1v) is 12.1. The van der Waals surface area contributed by atoms with Crippen molar-refractivity contribution >= 4 is 27.7 Å². The largest absolute Gasteiger partial charge is 0.453 e. The molecule has 32 heavy (non-hydrogen) atoms. The van der Waals surface area contributed by atoms with Gasteiger partial charge in [-0.05, 0) is 54.7 Å². The third-order valence-corrected chi connectivity index (χ3v) is 7.31. The number of rotatable bonds is 8. The van der Waals surface area contributed by atoms with Crippen LogP contribution < -0.4 is 10.6 Å². The summed E-state index contributed by atoms with van der Waals surface area (Å²) in [4.78, 5) is 23.7. The Morgan fingerprint density at radius 2 is 1.56 bits per heavy atom. The van der Waals surface area contributed by atoms with Crippen molar-refractivity contribution < 1.29 is 22.7 Å². The number of sulfonamides is 1. The molecule has 2 aromatic rings. The first-order valence-electron chi connectivity index (χ1n) is 10.7.